The summed E-state index contributed by atoms with van der Waals surface area (Å²) in [6.45, 7) is 16.3. The highest BCUT2D eigenvalue weighted by atomic mass is 16.4. The number of carboxylic acids is 1. The molecule has 34 heavy (non-hydrogen) atoms. The van der Waals surface area contributed by atoms with Crippen molar-refractivity contribution < 1.29 is 20.1 Å². The molecule has 0 amide bonds. The number of hydrogen-bond acceptors (Lipinski definition) is 3. The second-order valence-corrected chi connectivity index (χ2v) is 15.2. The molecule has 5 rings (SSSR count). The topological polar surface area (TPSA) is 77.8 Å². The van der Waals surface area contributed by atoms with Gasteiger partial charge in [0.15, 0.2) is 0 Å². The monoisotopic (exact) mass is 472 g/mol. The lowest BCUT2D eigenvalue weighted by Gasteiger charge is -2.71. The molecule has 0 aromatic rings. The van der Waals surface area contributed by atoms with E-state index in [1.54, 1.807) is 0 Å². The van der Waals surface area contributed by atoms with Gasteiger partial charge in [-0.15, -0.1) is 0 Å². The van der Waals surface area contributed by atoms with Crippen LogP contribution in [0.3, 0.4) is 0 Å². The Hall–Kier alpha value is -0.870. The van der Waals surface area contributed by atoms with E-state index in [1.807, 2.05) is 0 Å². The van der Waals surface area contributed by atoms with Gasteiger partial charge < -0.3 is 15.3 Å². The van der Waals surface area contributed by atoms with Gasteiger partial charge in [0.1, 0.15) is 0 Å². The molecule has 9 atom stereocenters. The van der Waals surface area contributed by atoms with Gasteiger partial charge in [-0.05, 0) is 103 Å². The molecular formula is C30H48O4. The molecular weight excluding hydrogens is 424 g/mol. The average Bonchev–Trinajstić information content (AvgIpc) is 2.72. The number of fused-ring (bicyclic) bond motifs is 7. The summed E-state index contributed by atoms with van der Waals surface area (Å²) < 4.78 is 0. The van der Waals surface area contributed by atoms with E-state index in [-0.39, 0.29) is 33.0 Å². The lowest BCUT2D eigenvalue weighted by Crippen LogP contribution is -2.67. The fourth-order valence-corrected chi connectivity index (χ4v) is 10.8. The number of rotatable bonds is 1. The van der Waals surface area contributed by atoms with Gasteiger partial charge in [0, 0.05) is 0 Å². The minimum absolute atomic E-state index is 0.00785. The zero-order chi connectivity index (χ0) is 25.1. The number of aliphatic hydroxyl groups is 2. The van der Waals surface area contributed by atoms with Crippen molar-refractivity contribution >= 4 is 5.97 Å². The van der Waals surface area contributed by atoms with Crippen LogP contribution in [0.4, 0.5) is 0 Å². The maximum absolute atomic E-state index is 12.8. The first-order valence-electron chi connectivity index (χ1n) is 13.9. The molecule has 0 radical (unpaired) electrons. The third-order valence-electron chi connectivity index (χ3n) is 13.0. The average molecular weight is 473 g/mol. The van der Waals surface area contributed by atoms with Gasteiger partial charge in [-0.25, -0.2) is 0 Å². The largest absolute Gasteiger partial charge is 0.481 e. The van der Waals surface area contributed by atoms with Gasteiger partial charge in [-0.1, -0.05) is 60.1 Å². The summed E-state index contributed by atoms with van der Waals surface area (Å²) in [5, 5.41) is 32.4. The van der Waals surface area contributed by atoms with Crippen molar-refractivity contribution in [2.45, 2.75) is 118 Å². The van der Waals surface area contributed by atoms with E-state index in [2.05, 4.69) is 54.5 Å². The summed E-state index contributed by atoms with van der Waals surface area (Å²) in [4.78, 5) is 12.8. The van der Waals surface area contributed by atoms with Gasteiger partial charge >= 0.3 is 5.97 Å². The zero-order valence-electron chi connectivity index (χ0n) is 22.6. The standard InChI is InChI=1S/C30H48O4/c1-25(2)12-14-30(24(33)34)15-13-28(6)18(19(30)16-25)8-9-22-27(5)17-20(31)23(32)26(3,4)21(27)10-11-29(22,28)7/h8,19-23,31-32H,9-17H2,1-7H3,(H,33,34)/t19-,20+,21-,22+,23-,27-,28-,29+,30-/m0/s1. The summed E-state index contributed by atoms with van der Waals surface area (Å²) in [5.41, 5.74) is 0.754. The highest BCUT2D eigenvalue weighted by molar-refractivity contribution is 5.76. The van der Waals surface area contributed by atoms with Crippen LogP contribution in [0, 0.1) is 50.2 Å². The van der Waals surface area contributed by atoms with Crippen LogP contribution in [0.25, 0.3) is 0 Å². The van der Waals surface area contributed by atoms with Crippen LogP contribution < -0.4 is 0 Å². The van der Waals surface area contributed by atoms with Crippen LogP contribution in [0.15, 0.2) is 11.6 Å². The van der Waals surface area contributed by atoms with Crippen LogP contribution in [0.5, 0.6) is 0 Å². The number of allylic oxidation sites excluding steroid dienone is 2. The summed E-state index contributed by atoms with van der Waals surface area (Å²) in [5.74, 6) is 0.365. The zero-order valence-corrected chi connectivity index (χ0v) is 22.6. The minimum Gasteiger partial charge on any atom is -0.481 e. The molecule has 4 heteroatoms. The fourth-order valence-electron chi connectivity index (χ4n) is 10.8. The molecule has 0 aromatic carbocycles. The molecule has 0 heterocycles. The van der Waals surface area contributed by atoms with E-state index >= 15 is 0 Å². The minimum atomic E-state index is -0.679. The van der Waals surface area contributed by atoms with E-state index in [9.17, 15) is 20.1 Å². The predicted molar refractivity (Wildman–Crippen MR) is 134 cm³/mol. The first-order valence-corrected chi connectivity index (χ1v) is 13.9. The summed E-state index contributed by atoms with van der Waals surface area (Å²) in [6, 6.07) is 0. The van der Waals surface area contributed by atoms with Gasteiger partial charge in [-0.3, -0.25) is 4.79 Å². The van der Waals surface area contributed by atoms with E-state index in [1.165, 1.54) is 5.57 Å². The molecule has 5 aliphatic rings. The van der Waals surface area contributed by atoms with Crippen LogP contribution in [0.1, 0.15) is 106 Å². The lowest BCUT2D eigenvalue weighted by molar-refractivity contribution is -0.231. The van der Waals surface area contributed by atoms with Crippen molar-refractivity contribution in [2.75, 3.05) is 0 Å². The summed E-state index contributed by atoms with van der Waals surface area (Å²) in [6.07, 6.45) is 9.45. The Kier molecular flexibility index (Phi) is 5.20. The van der Waals surface area contributed by atoms with Crippen molar-refractivity contribution in [3.05, 3.63) is 11.6 Å². The normalized spacial score (nSPS) is 53.4. The molecule has 4 saturated carbocycles. The SMILES string of the molecule is CC1(C)CC[C@]2(C(=O)O)CC[C@@]3(C)C(=CC[C@@H]4[C@@]5(C)C[C@@H](O)[C@H](O)C(C)(C)[C@@H]5CC[C@]43C)[C@@H]2C1. The number of carboxylic acid groups (broad SMARTS) is 1. The van der Waals surface area contributed by atoms with Crippen molar-refractivity contribution in [1.82, 2.24) is 0 Å². The third kappa shape index (κ3) is 2.88. The predicted octanol–water partition coefficient (Wildman–Crippen LogP) is 6.20. The molecule has 5 aliphatic carbocycles. The molecule has 4 nitrogen and oxygen atoms in total. The fraction of sp³-hybridized carbons (Fsp3) is 0.900. The number of aliphatic hydroxyl groups excluding tert-OH is 2. The first kappa shape index (κ1) is 24.8. The molecule has 0 aromatic heterocycles. The van der Waals surface area contributed by atoms with Crippen LogP contribution in [0.2, 0.25) is 0 Å². The van der Waals surface area contributed by atoms with E-state index in [0.29, 0.717) is 18.3 Å². The first-order chi connectivity index (χ1) is 15.6. The van der Waals surface area contributed by atoms with Crippen LogP contribution in [-0.4, -0.2) is 33.5 Å². The maximum atomic E-state index is 12.8. The van der Waals surface area contributed by atoms with Gasteiger partial charge in [-0.2, -0.15) is 0 Å². The van der Waals surface area contributed by atoms with Crippen molar-refractivity contribution in [3.8, 4) is 0 Å². The molecule has 0 unspecified atom stereocenters. The Bertz CT molecular complexity index is 919. The van der Waals surface area contributed by atoms with Gasteiger partial charge in [0.2, 0.25) is 0 Å². The Labute approximate surface area is 206 Å². The number of carbonyl (C=O) groups is 1. The Morgan fingerprint density at radius 1 is 0.882 bits per heavy atom. The summed E-state index contributed by atoms with van der Waals surface area (Å²) in [7, 11) is 0. The Morgan fingerprint density at radius 3 is 2.18 bits per heavy atom. The highest BCUT2D eigenvalue weighted by Crippen LogP contribution is 2.75. The molecule has 4 fully saturated rings. The molecule has 0 spiro atoms. The third-order valence-corrected chi connectivity index (χ3v) is 13.0. The Morgan fingerprint density at radius 2 is 1.53 bits per heavy atom. The number of aliphatic carboxylic acids is 1. The van der Waals surface area contributed by atoms with E-state index in [4.69, 9.17) is 0 Å². The van der Waals surface area contributed by atoms with Crippen molar-refractivity contribution in [2.24, 2.45) is 50.2 Å². The molecule has 3 N–H and O–H groups in total. The molecule has 0 aliphatic heterocycles. The molecule has 192 valence electrons. The van der Waals surface area contributed by atoms with E-state index < -0.39 is 23.6 Å². The lowest BCUT2D eigenvalue weighted by atomic mass is 9.33. The highest BCUT2D eigenvalue weighted by Gasteiger charge is 2.70. The molecule has 0 bridgehead atoms. The van der Waals surface area contributed by atoms with Crippen molar-refractivity contribution in [3.63, 3.8) is 0 Å². The second kappa shape index (κ2) is 7.12. The van der Waals surface area contributed by atoms with Crippen LogP contribution in [-0.2, 0) is 4.79 Å². The van der Waals surface area contributed by atoms with Gasteiger partial charge in [0.05, 0.1) is 17.6 Å². The van der Waals surface area contributed by atoms with Crippen molar-refractivity contribution in [1.29, 1.82) is 0 Å². The van der Waals surface area contributed by atoms with E-state index in [0.717, 1.165) is 51.4 Å². The number of hydrogen-bond donors (Lipinski definition) is 3. The Balaban J connectivity index is 1.61. The summed E-state index contributed by atoms with van der Waals surface area (Å²) >= 11 is 0. The quantitative estimate of drug-likeness (QED) is 0.397. The second-order valence-electron chi connectivity index (χ2n) is 15.2. The van der Waals surface area contributed by atoms with Crippen LogP contribution >= 0.6 is 0 Å². The molecule has 0 saturated heterocycles. The smallest absolute Gasteiger partial charge is 0.310 e. The van der Waals surface area contributed by atoms with Gasteiger partial charge in [0.25, 0.3) is 0 Å². The maximum Gasteiger partial charge on any atom is 0.310 e.